The average molecular weight is 297 g/mol. The van der Waals surface area contributed by atoms with Gasteiger partial charge in [0.05, 0.1) is 0 Å². The van der Waals surface area contributed by atoms with Gasteiger partial charge in [0.25, 0.3) is 5.91 Å². The van der Waals surface area contributed by atoms with Crippen molar-refractivity contribution >= 4 is 17.5 Å². The maximum Gasteiger partial charge on any atom is 0.257 e. The predicted molar refractivity (Wildman–Crippen MR) is 80.2 cm³/mol. The van der Waals surface area contributed by atoms with Crippen LogP contribution in [-0.4, -0.2) is 43.1 Å². The summed E-state index contributed by atoms with van der Waals surface area (Å²) in [6, 6.07) is 7.47. The molecule has 2 rings (SSSR count). The zero-order valence-corrected chi connectivity index (χ0v) is 12.5. The van der Waals surface area contributed by atoms with Crippen molar-refractivity contribution in [2.24, 2.45) is 0 Å². The van der Waals surface area contributed by atoms with Crippen LogP contribution < -0.4 is 10.1 Å². The van der Waals surface area contributed by atoms with E-state index in [0.29, 0.717) is 23.4 Å². The molecule has 20 heavy (non-hydrogen) atoms. The van der Waals surface area contributed by atoms with Crippen LogP contribution in [-0.2, 0) is 4.79 Å². The van der Waals surface area contributed by atoms with Gasteiger partial charge in [0, 0.05) is 17.6 Å². The number of carbonyl (C=O) groups excluding carboxylic acids is 1. The lowest BCUT2D eigenvalue weighted by Gasteiger charge is -2.22. The van der Waals surface area contributed by atoms with E-state index in [-0.39, 0.29) is 12.5 Å². The van der Waals surface area contributed by atoms with Gasteiger partial charge in [-0.15, -0.1) is 0 Å². The maximum atomic E-state index is 11.8. The maximum absolute atomic E-state index is 11.8. The highest BCUT2D eigenvalue weighted by atomic mass is 35.5. The molecule has 1 heterocycles. The number of hydrogen-bond acceptors (Lipinski definition) is 3. The fourth-order valence-corrected chi connectivity index (χ4v) is 2.63. The van der Waals surface area contributed by atoms with Crippen LogP contribution in [0.4, 0.5) is 0 Å². The minimum atomic E-state index is -0.0806. The molecule has 5 heteroatoms. The summed E-state index contributed by atoms with van der Waals surface area (Å²) in [7, 11) is 0. The highest BCUT2D eigenvalue weighted by Crippen LogP contribution is 2.16. The normalized spacial score (nSPS) is 19.0. The largest absolute Gasteiger partial charge is 0.484 e. The summed E-state index contributed by atoms with van der Waals surface area (Å²) in [5.74, 6) is 0.573. The first-order chi connectivity index (χ1) is 9.69. The van der Waals surface area contributed by atoms with E-state index in [2.05, 4.69) is 17.1 Å². The molecule has 1 atom stereocenters. The number of rotatable bonds is 6. The van der Waals surface area contributed by atoms with Crippen molar-refractivity contribution in [2.75, 3.05) is 26.2 Å². The van der Waals surface area contributed by atoms with E-state index in [1.54, 1.807) is 24.3 Å². The van der Waals surface area contributed by atoms with Crippen molar-refractivity contribution in [3.05, 3.63) is 29.3 Å². The molecule has 1 saturated heterocycles. The van der Waals surface area contributed by atoms with Gasteiger partial charge in [-0.1, -0.05) is 18.5 Å². The molecular formula is C15H21ClN2O2. The van der Waals surface area contributed by atoms with E-state index >= 15 is 0 Å². The Morgan fingerprint density at radius 3 is 2.90 bits per heavy atom. The van der Waals surface area contributed by atoms with Crippen molar-refractivity contribution in [1.82, 2.24) is 10.2 Å². The van der Waals surface area contributed by atoms with Crippen LogP contribution in [0.5, 0.6) is 5.75 Å². The molecule has 0 aromatic heterocycles. The molecular weight excluding hydrogens is 276 g/mol. The summed E-state index contributed by atoms with van der Waals surface area (Å²) in [5.41, 5.74) is 0. The standard InChI is InChI=1S/C15H21ClN2O2/c1-2-18-9-3-4-13(18)10-17-15(19)11-20-14-7-5-12(16)6-8-14/h5-8,13H,2-4,9-11H2,1H3,(H,17,19)/t13-/m1/s1. The van der Waals surface area contributed by atoms with Crippen molar-refractivity contribution in [3.8, 4) is 5.75 Å². The minimum absolute atomic E-state index is 0.0421. The summed E-state index contributed by atoms with van der Waals surface area (Å²) in [6.07, 6.45) is 2.38. The average Bonchev–Trinajstić information content (AvgIpc) is 2.92. The molecule has 1 fully saturated rings. The molecule has 1 aromatic rings. The van der Waals surface area contributed by atoms with Gasteiger partial charge in [-0.2, -0.15) is 0 Å². The van der Waals surface area contributed by atoms with Crippen LogP contribution in [0.3, 0.4) is 0 Å². The van der Waals surface area contributed by atoms with Crippen LogP contribution in [0.15, 0.2) is 24.3 Å². The molecule has 0 saturated carbocycles. The number of likely N-dealkylation sites (tertiary alicyclic amines) is 1. The zero-order chi connectivity index (χ0) is 14.4. The van der Waals surface area contributed by atoms with E-state index in [1.807, 2.05) is 0 Å². The van der Waals surface area contributed by atoms with Crippen molar-refractivity contribution < 1.29 is 9.53 Å². The third kappa shape index (κ3) is 4.39. The lowest BCUT2D eigenvalue weighted by atomic mass is 10.2. The molecule has 4 nitrogen and oxygen atoms in total. The van der Waals surface area contributed by atoms with Gasteiger partial charge in [0.15, 0.2) is 6.61 Å². The number of nitrogens with zero attached hydrogens (tertiary/aromatic N) is 1. The minimum Gasteiger partial charge on any atom is -0.484 e. The van der Waals surface area contributed by atoms with Gasteiger partial charge in [0.2, 0.25) is 0 Å². The first kappa shape index (κ1) is 15.1. The number of ether oxygens (including phenoxy) is 1. The Labute approximate surface area is 125 Å². The van der Waals surface area contributed by atoms with Gasteiger partial charge >= 0.3 is 0 Å². The van der Waals surface area contributed by atoms with Crippen LogP contribution >= 0.6 is 11.6 Å². The molecule has 1 aliphatic heterocycles. The molecule has 1 amide bonds. The third-order valence-electron chi connectivity index (χ3n) is 3.62. The van der Waals surface area contributed by atoms with Gasteiger partial charge in [-0.25, -0.2) is 0 Å². The molecule has 1 N–H and O–H groups in total. The second kappa shape index (κ2) is 7.50. The van der Waals surface area contributed by atoms with E-state index in [0.717, 1.165) is 19.5 Å². The highest BCUT2D eigenvalue weighted by molar-refractivity contribution is 6.30. The monoisotopic (exact) mass is 296 g/mol. The van der Waals surface area contributed by atoms with Crippen LogP contribution in [0, 0.1) is 0 Å². The Hall–Kier alpha value is -1.26. The topological polar surface area (TPSA) is 41.6 Å². The molecule has 1 aliphatic rings. The second-order valence-corrected chi connectivity index (χ2v) is 5.41. The van der Waals surface area contributed by atoms with Crippen LogP contribution in [0.2, 0.25) is 5.02 Å². The molecule has 1 aromatic carbocycles. The SMILES string of the molecule is CCN1CCC[C@@H]1CNC(=O)COc1ccc(Cl)cc1. The van der Waals surface area contributed by atoms with E-state index in [9.17, 15) is 4.79 Å². The lowest BCUT2D eigenvalue weighted by Crippen LogP contribution is -2.41. The summed E-state index contributed by atoms with van der Waals surface area (Å²) < 4.78 is 5.41. The smallest absolute Gasteiger partial charge is 0.257 e. The van der Waals surface area contributed by atoms with Crippen LogP contribution in [0.25, 0.3) is 0 Å². The molecule has 110 valence electrons. The van der Waals surface area contributed by atoms with Crippen molar-refractivity contribution in [3.63, 3.8) is 0 Å². The van der Waals surface area contributed by atoms with Gasteiger partial charge in [-0.3, -0.25) is 9.69 Å². The van der Waals surface area contributed by atoms with Crippen molar-refractivity contribution in [1.29, 1.82) is 0 Å². The van der Waals surface area contributed by atoms with E-state index in [4.69, 9.17) is 16.3 Å². The predicted octanol–water partition coefficient (Wildman–Crippen LogP) is 2.32. The first-order valence-corrected chi connectivity index (χ1v) is 7.46. The van der Waals surface area contributed by atoms with E-state index < -0.39 is 0 Å². The highest BCUT2D eigenvalue weighted by Gasteiger charge is 2.23. The molecule has 0 radical (unpaired) electrons. The number of benzene rings is 1. The number of likely N-dealkylation sites (N-methyl/N-ethyl adjacent to an activating group) is 1. The summed E-state index contributed by atoms with van der Waals surface area (Å²) in [4.78, 5) is 14.2. The Balaban J connectivity index is 1.69. The summed E-state index contributed by atoms with van der Waals surface area (Å²) in [5, 5.41) is 3.59. The van der Waals surface area contributed by atoms with Gasteiger partial charge < -0.3 is 10.1 Å². The number of amides is 1. The fraction of sp³-hybridized carbons (Fsp3) is 0.533. The number of hydrogen-bond donors (Lipinski definition) is 1. The Kier molecular flexibility index (Phi) is 5.68. The van der Waals surface area contributed by atoms with Gasteiger partial charge in [0.1, 0.15) is 5.75 Å². The first-order valence-electron chi connectivity index (χ1n) is 7.08. The molecule has 0 unspecified atom stereocenters. The number of halogens is 1. The second-order valence-electron chi connectivity index (χ2n) is 4.97. The zero-order valence-electron chi connectivity index (χ0n) is 11.8. The van der Waals surface area contributed by atoms with Gasteiger partial charge in [-0.05, 0) is 50.2 Å². The van der Waals surface area contributed by atoms with E-state index in [1.165, 1.54) is 6.42 Å². The quantitative estimate of drug-likeness (QED) is 0.876. The Bertz CT molecular complexity index is 436. The lowest BCUT2D eigenvalue weighted by molar-refractivity contribution is -0.123. The molecule has 0 spiro atoms. The molecule has 0 aliphatic carbocycles. The Morgan fingerprint density at radius 1 is 1.45 bits per heavy atom. The van der Waals surface area contributed by atoms with Crippen LogP contribution in [0.1, 0.15) is 19.8 Å². The summed E-state index contributed by atoms with van der Waals surface area (Å²) in [6.45, 7) is 5.08. The third-order valence-corrected chi connectivity index (χ3v) is 3.88. The Morgan fingerprint density at radius 2 is 2.20 bits per heavy atom. The fourth-order valence-electron chi connectivity index (χ4n) is 2.51. The van der Waals surface area contributed by atoms with Crippen molar-refractivity contribution in [2.45, 2.75) is 25.8 Å². The number of nitrogens with one attached hydrogen (secondary N) is 1. The number of carbonyl (C=O) groups is 1. The summed E-state index contributed by atoms with van der Waals surface area (Å²) >= 11 is 5.78. The molecule has 0 bridgehead atoms.